The van der Waals surface area contributed by atoms with Crippen LogP contribution in [0.25, 0.3) is 0 Å². The molecule has 2 rings (SSSR count). The summed E-state index contributed by atoms with van der Waals surface area (Å²) in [5, 5.41) is 0. The predicted molar refractivity (Wildman–Crippen MR) is 100.0 cm³/mol. The molecule has 0 aliphatic rings. The Morgan fingerprint density at radius 1 is 0.958 bits per heavy atom. The minimum absolute atomic E-state index is 0.0126. The van der Waals surface area contributed by atoms with Gasteiger partial charge in [0, 0.05) is 6.54 Å². The van der Waals surface area contributed by atoms with Crippen molar-refractivity contribution in [3.63, 3.8) is 0 Å². The van der Waals surface area contributed by atoms with E-state index in [9.17, 15) is 8.42 Å². The molecule has 0 fully saturated rings. The molecule has 0 spiro atoms. The standard InChI is InChI=1S/C20H27NO2S/c1-15-6-7-17(16(2)14-15)12-13-21-24(22,23)19-10-8-18(9-11-19)20(3,4)5/h6-11,14,21H,12-13H2,1-5H3. The second kappa shape index (κ2) is 7.08. The molecule has 0 aliphatic heterocycles. The Labute approximate surface area is 146 Å². The van der Waals surface area contributed by atoms with Gasteiger partial charge in [0.1, 0.15) is 0 Å². The number of benzene rings is 2. The van der Waals surface area contributed by atoms with E-state index in [1.807, 2.05) is 12.1 Å². The third-order valence-corrected chi connectivity index (χ3v) is 5.69. The van der Waals surface area contributed by atoms with Crippen LogP contribution in [0.5, 0.6) is 0 Å². The number of nitrogens with one attached hydrogen (secondary N) is 1. The zero-order valence-electron chi connectivity index (χ0n) is 15.2. The van der Waals surface area contributed by atoms with Gasteiger partial charge in [0.25, 0.3) is 0 Å². The molecule has 2 aromatic rings. The first-order valence-corrected chi connectivity index (χ1v) is 9.74. The Morgan fingerprint density at radius 3 is 2.12 bits per heavy atom. The molecule has 0 unspecified atom stereocenters. The van der Waals surface area contributed by atoms with Crippen molar-refractivity contribution in [2.45, 2.75) is 51.3 Å². The summed E-state index contributed by atoms with van der Waals surface area (Å²) in [7, 11) is -3.46. The van der Waals surface area contributed by atoms with Crippen LogP contribution < -0.4 is 4.72 Å². The van der Waals surface area contributed by atoms with Gasteiger partial charge in [-0.25, -0.2) is 13.1 Å². The SMILES string of the molecule is Cc1ccc(CCNS(=O)(=O)c2ccc(C(C)(C)C)cc2)c(C)c1. The van der Waals surface area contributed by atoms with E-state index in [2.05, 4.69) is 57.5 Å². The van der Waals surface area contributed by atoms with Crippen LogP contribution in [0.4, 0.5) is 0 Å². The van der Waals surface area contributed by atoms with Gasteiger partial charge in [0.2, 0.25) is 10.0 Å². The maximum Gasteiger partial charge on any atom is 0.240 e. The lowest BCUT2D eigenvalue weighted by Crippen LogP contribution is -2.26. The molecule has 3 nitrogen and oxygen atoms in total. The van der Waals surface area contributed by atoms with Crippen LogP contribution >= 0.6 is 0 Å². The van der Waals surface area contributed by atoms with Gasteiger partial charge < -0.3 is 0 Å². The van der Waals surface area contributed by atoms with E-state index in [0.29, 0.717) is 17.9 Å². The van der Waals surface area contributed by atoms with Crippen molar-refractivity contribution in [3.05, 3.63) is 64.7 Å². The van der Waals surface area contributed by atoms with Gasteiger partial charge in [-0.15, -0.1) is 0 Å². The Bertz CT molecular complexity index is 801. The highest BCUT2D eigenvalue weighted by Crippen LogP contribution is 2.23. The van der Waals surface area contributed by atoms with Crippen LogP contribution in [0.1, 0.15) is 43.0 Å². The summed E-state index contributed by atoms with van der Waals surface area (Å²) in [5.74, 6) is 0. The van der Waals surface area contributed by atoms with Crippen molar-refractivity contribution in [2.24, 2.45) is 0 Å². The molecular weight excluding hydrogens is 318 g/mol. The summed E-state index contributed by atoms with van der Waals surface area (Å²) in [6.07, 6.45) is 0.686. The zero-order chi connectivity index (χ0) is 18.0. The molecule has 0 heterocycles. The largest absolute Gasteiger partial charge is 0.240 e. The molecule has 130 valence electrons. The minimum atomic E-state index is -3.46. The first-order valence-electron chi connectivity index (χ1n) is 8.26. The van der Waals surface area contributed by atoms with Gasteiger partial charge in [-0.2, -0.15) is 0 Å². The molecule has 1 N–H and O–H groups in total. The molecule has 0 atom stereocenters. The summed E-state index contributed by atoms with van der Waals surface area (Å²) in [6.45, 7) is 10.8. The third-order valence-electron chi connectivity index (χ3n) is 4.22. The Hall–Kier alpha value is -1.65. The van der Waals surface area contributed by atoms with Crippen molar-refractivity contribution in [2.75, 3.05) is 6.54 Å². The third kappa shape index (κ3) is 4.68. The second-order valence-corrected chi connectivity index (χ2v) is 9.12. The van der Waals surface area contributed by atoms with Crippen LogP contribution in [0.2, 0.25) is 0 Å². The van der Waals surface area contributed by atoms with E-state index in [-0.39, 0.29) is 5.41 Å². The van der Waals surface area contributed by atoms with Gasteiger partial charge in [-0.05, 0) is 54.5 Å². The molecule has 24 heavy (non-hydrogen) atoms. The van der Waals surface area contributed by atoms with Gasteiger partial charge in [-0.3, -0.25) is 0 Å². The van der Waals surface area contributed by atoms with Crippen LogP contribution in [0.15, 0.2) is 47.4 Å². The van der Waals surface area contributed by atoms with E-state index in [4.69, 9.17) is 0 Å². The molecule has 0 aromatic heterocycles. The van der Waals surface area contributed by atoms with Gasteiger partial charge in [0.15, 0.2) is 0 Å². The van der Waals surface area contributed by atoms with E-state index in [1.165, 1.54) is 16.7 Å². The van der Waals surface area contributed by atoms with E-state index >= 15 is 0 Å². The van der Waals surface area contributed by atoms with E-state index in [1.54, 1.807) is 12.1 Å². The van der Waals surface area contributed by atoms with Crippen molar-refractivity contribution >= 4 is 10.0 Å². The number of hydrogen-bond acceptors (Lipinski definition) is 2. The summed E-state index contributed by atoms with van der Waals surface area (Å²) >= 11 is 0. The lowest BCUT2D eigenvalue weighted by atomic mass is 9.87. The van der Waals surface area contributed by atoms with Crippen molar-refractivity contribution in [3.8, 4) is 0 Å². The van der Waals surface area contributed by atoms with Crippen molar-refractivity contribution in [1.82, 2.24) is 4.72 Å². The minimum Gasteiger partial charge on any atom is -0.211 e. The van der Waals surface area contributed by atoms with Crippen LogP contribution in [0, 0.1) is 13.8 Å². The summed E-state index contributed by atoms with van der Waals surface area (Å²) in [4.78, 5) is 0.316. The van der Waals surface area contributed by atoms with Crippen LogP contribution in [-0.2, 0) is 21.9 Å². The van der Waals surface area contributed by atoms with Crippen LogP contribution in [-0.4, -0.2) is 15.0 Å². The highest BCUT2D eigenvalue weighted by molar-refractivity contribution is 7.89. The highest BCUT2D eigenvalue weighted by Gasteiger charge is 2.17. The average Bonchev–Trinajstić information content (AvgIpc) is 2.49. The normalized spacial score (nSPS) is 12.4. The summed E-state index contributed by atoms with van der Waals surface area (Å²) < 4.78 is 27.5. The number of rotatable bonds is 5. The Morgan fingerprint density at radius 2 is 1.58 bits per heavy atom. The molecule has 0 aliphatic carbocycles. The molecular formula is C20H27NO2S. The van der Waals surface area contributed by atoms with E-state index < -0.39 is 10.0 Å². The maximum absolute atomic E-state index is 12.4. The topological polar surface area (TPSA) is 46.2 Å². The van der Waals surface area contributed by atoms with E-state index in [0.717, 1.165) is 5.56 Å². The Balaban J connectivity index is 2.03. The van der Waals surface area contributed by atoms with Crippen LogP contribution in [0.3, 0.4) is 0 Å². The average molecular weight is 346 g/mol. The molecule has 0 saturated heterocycles. The smallest absolute Gasteiger partial charge is 0.211 e. The second-order valence-electron chi connectivity index (χ2n) is 7.35. The molecule has 0 saturated carbocycles. The molecule has 4 heteroatoms. The summed E-state index contributed by atoms with van der Waals surface area (Å²) in [6, 6.07) is 13.4. The molecule has 2 aromatic carbocycles. The monoisotopic (exact) mass is 345 g/mol. The number of sulfonamides is 1. The highest BCUT2D eigenvalue weighted by atomic mass is 32.2. The zero-order valence-corrected chi connectivity index (χ0v) is 16.0. The first kappa shape index (κ1) is 18.7. The number of aryl methyl sites for hydroxylation is 2. The number of hydrogen-bond donors (Lipinski definition) is 1. The molecule has 0 radical (unpaired) electrons. The summed E-state index contributed by atoms with van der Waals surface area (Å²) in [5.41, 5.74) is 4.72. The fourth-order valence-corrected chi connectivity index (χ4v) is 3.70. The Kier molecular flexibility index (Phi) is 5.51. The lowest BCUT2D eigenvalue weighted by Gasteiger charge is -2.19. The van der Waals surface area contributed by atoms with Gasteiger partial charge in [0.05, 0.1) is 4.90 Å². The molecule has 0 amide bonds. The predicted octanol–water partition coefficient (Wildman–Crippen LogP) is 4.12. The van der Waals surface area contributed by atoms with Crippen molar-refractivity contribution in [1.29, 1.82) is 0 Å². The quantitative estimate of drug-likeness (QED) is 0.886. The fourth-order valence-electron chi connectivity index (χ4n) is 2.66. The van der Waals surface area contributed by atoms with Gasteiger partial charge >= 0.3 is 0 Å². The van der Waals surface area contributed by atoms with Crippen molar-refractivity contribution < 1.29 is 8.42 Å². The first-order chi connectivity index (χ1) is 11.1. The van der Waals surface area contributed by atoms with Gasteiger partial charge in [-0.1, -0.05) is 56.7 Å². The molecule has 0 bridgehead atoms. The fraction of sp³-hybridized carbons (Fsp3) is 0.400. The lowest BCUT2D eigenvalue weighted by molar-refractivity contribution is 0.578. The maximum atomic E-state index is 12.4.